The van der Waals surface area contributed by atoms with Crippen LogP contribution in [-0.4, -0.2) is 46.2 Å². The highest BCUT2D eigenvalue weighted by Gasteiger charge is 2.20. The van der Waals surface area contributed by atoms with Crippen LogP contribution in [0.5, 0.6) is 23.0 Å². The lowest BCUT2D eigenvalue weighted by molar-refractivity contribution is -0.143. The van der Waals surface area contributed by atoms with Crippen LogP contribution in [-0.2, 0) is 25.5 Å². The van der Waals surface area contributed by atoms with Gasteiger partial charge in [0.15, 0.2) is 23.0 Å². The molecule has 1 atom stereocenters. The Kier molecular flexibility index (Phi) is 8.18. The number of fused-ring (bicyclic) bond motifs is 1. The van der Waals surface area contributed by atoms with Crippen molar-refractivity contribution in [3.05, 3.63) is 53.1 Å². The van der Waals surface area contributed by atoms with Crippen molar-refractivity contribution in [2.45, 2.75) is 20.3 Å². The number of hydrogen-bond donors (Lipinski definition) is 0. The first kappa shape index (κ1) is 24.0. The molecule has 1 heterocycles. The molecule has 0 radical (unpaired) electrons. The molecule has 0 saturated heterocycles. The Balaban J connectivity index is 1.94. The predicted octanol–water partition coefficient (Wildman–Crippen LogP) is 3.80. The zero-order valence-corrected chi connectivity index (χ0v) is 19.2. The Bertz CT molecular complexity index is 1030. The Labute approximate surface area is 193 Å². The first-order chi connectivity index (χ1) is 15.9. The number of ether oxygens (including phenoxy) is 6. The van der Waals surface area contributed by atoms with Crippen LogP contribution < -0.4 is 18.9 Å². The quantitative estimate of drug-likeness (QED) is 0.499. The van der Waals surface area contributed by atoms with Gasteiger partial charge in [-0.3, -0.25) is 9.59 Å². The second kappa shape index (κ2) is 11.3. The van der Waals surface area contributed by atoms with Gasteiger partial charge in [0.2, 0.25) is 6.79 Å². The van der Waals surface area contributed by atoms with Gasteiger partial charge in [-0.2, -0.15) is 0 Å². The van der Waals surface area contributed by atoms with E-state index in [2.05, 4.69) is 0 Å². The van der Waals surface area contributed by atoms with Crippen molar-refractivity contribution in [2.75, 3.05) is 34.2 Å². The highest BCUT2D eigenvalue weighted by Crippen LogP contribution is 2.34. The molecule has 0 fully saturated rings. The SMILES string of the molecule is COc1ccc(C[C@@H](COC(C)=O)/C(=C\c2ccc3c(c2)OCO3)COC(C)=O)cc1OC. The standard InChI is InChI=1S/C25H28O8/c1-16(26)30-13-20(9-18-5-7-22(28-3)24(11-18)29-4)21(14-31-17(2)27)10-19-6-8-23-25(12-19)33-15-32-23/h5-8,10-12,20H,9,13-15H2,1-4H3/b21-10-/t20-/m0/s1. The number of carbonyl (C=O) groups is 2. The fourth-order valence-electron chi connectivity index (χ4n) is 3.49. The van der Waals surface area contributed by atoms with Crippen LogP contribution in [0, 0.1) is 5.92 Å². The topological polar surface area (TPSA) is 89.5 Å². The largest absolute Gasteiger partial charge is 0.493 e. The molecule has 0 amide bonds. The second-order valence-corrected chi connectivity index (χ2v) is 7.51. The lowest BCUT2D eigenvalue weighted by atomic mass is 9.91. The van der Waals surface area contributed by atoms with Crippen molar-refractivity contribution >= 4 is 18.0 Å². The van der Waals surface area contributed by atoms with Gasteiger partial charge in [-0.05, 0) is 47.4 Å². The molecule has 176 valence electrons. The number of esters is 2. The van der Waals surface area contributed by atoms with Gasteiger partial charge in [-0.15, -0.1) is 0 Å². The van der Waals surface area contributed by atoms with E-state index in [9.17, 15) is 9.59 Å². The van der Waals surface area contributed by atoms with E-state index in [-0.39, 0.29) is 31.9 Å². The van der Waals surface area contributed by atoms with Crippen LogP contribution >= 0.6 is 0 Å². The molecule has 0 spiro atoms. The average Bonchev–Trinajstić information content (AvgIpc) is 3.27. The molecule has 8 heteroatoms. The molecule has 1 aliphatic heterocycles. The van der Waals surface area contributed by atoms with E-state index in [1.165, 1.54) is 13.8 Å². The van der Waals surface area contributed by atoms with Crippen LogP contribution in [0.15, 0.2) is 42.0 Å². The predicted molar refractivity (Wildman–Crippen MR) is 121 cm³/mol. The minimum Gasteiger partial charge on any atom is -0.493 e. The molecule has 33 heavy (non-hydrogen) atoms. The third-order valence-corrected chi connectivity index (χ3v) is 5.13. The van der Waals surface area contributed by atoms with Crippen molar-refractivity contribution in [3.63, 3.8) is 0 Å². The average molecular weight is 456 g/mol. The minimum atomic E-state index is -0.399. The summed E-state index contributed by atoms with van der Waals surface area (Å²) in [4.78, 5) is 23.1. The van der Waals surface area contributed by atoms with Crippen molar-refractivity contribution in [2.24, 2.45) is 5.92 Å². The van der Waals surface area contributed by atoms with E-state index < -0.39 is 5.97 Å². The summed E-state index contributed by atoms with van der Waals surface area (Å²) in [6.45, 7) is 3.08. The molecular weight excluding hydrogens is 428 g/mol. The van der Waals surface area contributed by atoms with E-state index >= 15 is 0 Å². The number of methoxy groups -OCH3 is 2. The van der Waals surface area contributed by atoms with Crippen molar-refractivity contribution in [1.29, 1.82) is 0 Å². The van der Waals surface area contributed by atoms with Crippen molar-refractivity contribution in [3.8, 4) is 23.0 Å². The van der Waals surface area contributed by atoms with Crippen molar-refractivity contribution < 1.29 is 38.0 Å². The van der Waals surface area contributed by atoms with Crippen molar-refractivity contribution in [1.82, 2.24) is 0 Å². The summed E-state index contributed by atoms with van der Waals surface area (Å²) >= 11 is 0. The Morgan fingerprint density at radius 3 is 2.36 bits per heavy atom. The maximum Gasteiger partial charge on any atom is 0.302 e. The van der Waals surface area contributed by atoms with Gasteiger partial charge in [0.05, 0.1) is 20.8 Å². The van der Waals surface area contributed by atoms with E-state index in [0.717, 1.165) is 16.7 Å². The van der Waals surface area contributed by atoms with Crippen LogP contribution in [0.2, 0.25) is 0 Å². The Hall–Kier alpha value is -3.68. The highest BCUT2D eigenvalue weighted by atomic mass is 16.7. The summed E-state index contributed by atoms with van der Waals surface area (Å²) in [5, 5.41) is 0. The molecule has 2 aromatic carbocycles. The fraction of sp³-hybridized carbons (Fsp3) is 0.360. The monoisotopic (exact) mass is 456 g/mol. The number of rotatable bonds is 10. The van der Waals surface area contributed by atoms with Gasteiger partial charge in [0.1, 0.15) is 6.61 Å². The number of hydrogen-bond acceptors (Lipinski definition) is 8. The first-order valence-electron chi connectivity index (χ1n) is 10.5. The molecule has 0 N–H and O–H groups in total. The van der Waals surface area contributed by atoms with Gasteiger partial charge in [-0.25, -0.2) is 0 Å². The van der Waals surface area contributed by atoms with Gasteiger partial charge >= 0.3 is 11.9 Å². The zero-order valence-electron chi connectivity index (χ0n) is 19.2. The zero-order chi connectivity index (χ0) is 23.8. The summed E-state index contributed by atoms with van der Waals surface area (Å²) < 4.78 is 32.3. The van der Waals surface area contributed by atoms with Gasteiger partial charge in [0, 0.05) is 19.8 Å². The molecule has 0 bridgehead atoms. The summed E-state index contributed by atoms with van der Waals surface area (Å²) in [5.74, 6) is 1.50. The highest BCUT2D eigenvalue weighted by molar-refractivity contribution is 5.67. The third-order valence-electron chi connectivity index (χ3n) is 5.13. The first-order valence-corrected chi connectivity index (χ1v) is 10.5. The molecular formula is C25H28O8. The maximum atomic E-state index is 11.6. The second-order valence-electron chi connectivity index (χ2n) is 7.51. The fourth-order valence-corrected chi connectivity index (χ4v) is 3.49. The molecule has 1 aliphatic rings. The van der Waals surface area contributed by atoms with Gasteiger partial charge in [-0.1, -0.05) is 18.2 Å². The summed E-state index contributed by atoms with van der Waals surface area (Å²) in [7, 11) is 3.15. The molecule has 0 unspecified atom stereocenters. The Morgan fingerprint density at radius 2 is 1.67 bits per heavy atom. The van der Waals surface area contributed by atoms with Crippen LogP contribution in [0.25, 0.3) is 6.08 Å². The van der Waals surface area contributed by atoms with Crippen LogP contribution in [0.1, 0.15) is 25.0 Å². The number of carbonyl (C=O) groups excluding carboxylic acids is 2. The molecule has 8 nitrogen and oxygen atoms in total. The molecule has 0 aromatic heterocycles. The Morgan fingerprint density at radius 1 is 0.939 bits per heavy atom. The summed E-state index contributed by atoms with van der Waals surface area (Å²) in [6.07, 6.45) is 2.44. The van der Waals surface area contributed by atoms with Gasteiger partial charge in [0.25, 0.3) is 0 Å². The lowest BCUT2D eigenvalue weighted by Gasteiger charge is -2.21. The molecule has 2 aromatic rings. The third kappa shape index (κ3) is 6.65. The van der Waals surface area contributed by atoms with E-state index in [0.29, 0.717) is 29.4 Å². The molecule has 0 saturated carbocycles. The van der Waals surface area contributed by atoms with Crippen LogP contribution in [0.4, 0.5) is 0 Å². The lowest BCUT2D eigenvalue weighted by Crippen LogP contribution is -2.21. The summed E-state index contributed by atoms with van der Waals surface area (Å²) in [6, 6.07) is 11.2. The van der Waals surface area contributed by atoms with E-state index in [4.69, 9.17) is 28.4 Å². The van der Waals surface area contributed by atoms with E-state index in [1.54, 1.807) is 14.2 Å². The van der Waals surface area contributed by atoms with Crippen LogP contribution in [0.3, 0.4) is 0 Å². The molecule has 0 aliphatic carbocycles. The normalized spacial score (nSPS) is 13.3. The van der Waals surface area contributed by atoms with Gasteiger partial charge < -0.3 is 28.4 Å². The van der Waals surface area contributed by atoms with E-state index in [1.807, 2.05) is 42.5 Å². The molecule has 3 rings (SSSR count). The summed E-state index contributed by atoms with van der Waals surface area (Å²) in [5.41, 5.74) is 2.59. The number of benzene rings is 2. The maximum absolute atomic E-state index is 11.6. The minimum absolute atomic E-state index is 0.0585. The smallest absolute Gasteiger partial charge is 0.302 e.